The fourth-order valence-corrected chi connectivity index (χ4v) is 8.39. The Labute approximate surface area is 239 Å². The fourth-order valence-electron chi connectivity index (χ4n) is 8.39. The number of rotatable bonds is 8. The summed E-state index contributed by atoms with van der Waals surface area (Å²) in [7, 11) is 1.90. The van der Waals surface area contributed by atoms with Crippen LogP contribution in [0.4, 0.5) is 0 Å². The van der Waals surface area contributed by atoms with Crippen LogP contribution in [0.5, 0.6) is 5.75 Å². The lowest BCUT2D eigenvalue weighted by atomic mass is 9.54. The normalized spacial score (nSPS) is 30.2. The van der Waals surface area contributed by atoms with Gasteiger partial charge in [0.15, 0.2) is 0 Å². The maximum absolute atomic E-state index is 13.5. The van der Waals surface area contributed by atoms with Gasteiger partial charge in [-0.1, -0.05) is 56.3 Å². The summed E-state index contributed by atoms with van der Waals surface area (Å²) in [5.74, 6) is 1.75. The van der Waals surface area contributed by atoms with E-state index in [0.29, 0.717) is 17.2 Å². The number of ether oxygens (including phenoxy) is 1. The molecule has 6 rings (SSSR count). The molecule has 4 atom stereocenters. The highest BCUT2D eigenvalue weighted by molar-refractivity contribution is 5.98. The molecule has 3 aliphatic rings. The van der Waals surface area contributed by atoms with E-state index in [1.54, 1.807) is 6.07 Å². The minimum atomic E-state index is -0.340. The van der Waals surface area contributed by atoms with Crippen molar-refractivity contribution < 1.29 is 19.1 Å². The third-order valence-corrected chi connectivity index (χ3v) is 10.2. The van der Waals surface area contributed by atoms with Gasteiger partial charge >= 0.3 is 0 Å². The number of carbonyl (C=O) groups excluding carboxylic acids is 1. The molecule has 3 aromatic rings. The molecule has 5 nitrogen and oxygen atoms in total. The van der Waals surface area contributed by atoms with Crippen LogP contribution in [0.25, 0.3) is 10.8 Å². The lowest BCUT2D eigenvalue weighted by Gasteiger charge is -2.62. The van der Waals surface area contributed by atoms with Gasteiger partial charge in [0.2, 0.25) is 0 Å². The van der Waals surface area contributed by atoms with Gasteiger partial charge in [0, 0.05) is 42.4 Å². The van der Waals surface area contributed by atoms with E-state index >= 15 is 0 Å². The Morgan fingerprint density at radius 2 is 1.82 bits per heavy atom. The number of hydrogen-bond acceptors (Lipinski definition) is 3. The first-order valence-electron chi connectivity index (χ1n) is 15.2. The molecule has 0 radical (unpaired) electrons. The molecule has 2 N–H and O–H groups in total. The van der Waals surface area contributed by atoms with Crippen molar-refractivity contribution >= 4 is 16.7 Å². The van der Waals surface area contributed by atoms with Gasteiger partial charge in [0.1, 0.15) is 17.9 Å². The summed E-state index contributed by atoms with van der Waals surface area (Å²) >= 11 is 0. The van der Waals surface area contributed by atoms with Gasteiger partial charge in [0.25, 0.3) is 5.91 Å². The summed E-state index contributed by atoms with van der Waals surface area (Å²) in [5.41, 5.74) is 1.23. The number of hydrogen-bond donors (Lipinski definition) is 2. The molecule has 5 heteroatoms. The van der Waals surface area contributed by atoms with Gasteiger partial charge in [-0.25, -0.2) is 0 Å². The predicted molar refractivity (Wildman–Crippen MR) is 160 cm³/mol. The Balaban J connectivity index is 1.32. The maximum atomic E-state index is 13.5. The maximum Gasteiger partial charge on any atom is 0.251 e. The lowest BCUT2D eigenvalue weighted by Crippen LogP contribution is -2.73. The molecule has 3 fully saturated rings. The molecule has 1 amide bonds. The van der Waals surface area contributed by atoms with Crippen LogP contribution in [0.2, 0.25) is 0 Å². The van der Waals surface area contributed by atoms with Crippen LogP contribution in [-0.2, 0) is 10.2 Å². The van der Waals surface area contributed by atoms with Crippen molar-refractivity contribution in [2.45, 2.75) is 69.4 Å². The second-order valence-electron chi connectivity index (χ2n) is 13.5. The third kappa shape index (κ3) is 5.03. The first-order chi connectivity index (χ1) is 19.3. The molecule has 1 aliphatic heterocycles. The summed E-state index contributed by atoms with van der Waals surface area (Å²) < 4.78 is 7.83. The molecule has 0 bridgehead atoms. The molecule has 2 aliphatic carbocycles. The third-order valence-electron chi connectivity index (χ3n) is 10.2. The van der Waals surface area contributed by atoms with Crippen molar-refractivity contribution in [2.75, 3.05) is 33.3 Å². The average Bonchev–Trinajstić information content (AvgIpc) is 3.76. The topological polar surface area (TPSA) is 58.6 Å². The van der Waals surface area contributed by atoms with Crippen LogP contribution in [0.1, 0.15) is 68.3 Å². The number of benzene rings is 3. The Morgan fingerprint density at radius 3 is 2.55 bits per heavy atom. The van der Waals surface area contributed by atoms with E-state index in [1.807, 2.05) is 49.6 Å². The molecule has 3 aromatic carbocycles. The van der Waals surface area contributed by atoms with E-state index in [9.17, 15) is 9.90 Å². The van der Waals surface area contributed by atoms with Crippen LogP contribution in [0.3, 0.4) is 0 Å². The summed E-state index contributed by atoms with van der Waals surface area (Å²) in [6.07, 6.45) is 6.31. The van der Waals surface area contributed by atoms with E-state index in [-0.39, 0.29) is 23.0 Å². The SMILES string of the molecule is COC12CC[C@H](NC(=O)c3ccc4ccccc4c3)C[C@@]1(c1cccc(O)c1)CC[N@+](CC(C)C)(CC1CC1)C2. The highest BCUT2D eigenvalue weighted by Crippen LogP contribution is 2.56. The average molecular weight is 542 g/mol. The van der Waals surface area contributed by atoms with Crippen LogP contribution >= 0.6 is 0 Å². The Hall–Kier alpha value is -2.89. The number of methoxy groups -OCH3 is 1. The van der Waals surface area contributed by atoms with Crippen molar-refractivity contribution in [2.24, 2.45) is 11.8 Å². The summed E-state index contributed by atoms with van der Waals surface area (Å²) in [6, 6.07) is 22.0. The molecule has 40 heavy (non-hydrogen) atoms. The minimum absolute atomic E-state index is 0.0128. The minimum Gasteiger partial charge on any atom is -0.508 e. The number of likely N-dealkylation sites (tertiary alicyclic amines) is 1. The largest absolute Gasteiger partial charge is 0.508 e. The van der Waals surface area contributed by atoms with Crippen LogP contribution in [-0.4, -0.2) is 60.4 Å². The standard InChI is InChI=1S/C35H44N2O3/c1-25(2)22-37(23-26-11-12-26)18-17-34(30-9-6-10-32(38)20-30)21-31(15-16-35(34,24-37)40-3)36-33(39)29-14-13-27-7-4-5-8-28(27)19-29/h4-10,13-14,19-20,25-26,31H,11-12,15-18,21-24H2,1-3H3,(H-,36,38,39)/p+1/t31-,34+,35?,37-/m0/s1. The smallest absolute Gasteiger partial charge is 0.251 e. The zero-order chi connectivity index (χ0) is 28.0. The number of nitrogens with zero attached hydrogens (tertiary/aromatic N) is 1. The van der Waals surface area contributed by atoms with Crippen LogP contribution < -0.4 is 5.32 Å². The van der Waals surface area contributed by atoms with Gasteiger partial charge in [-0.15, -0.1) is 0 Å². The molecule has 1 saturated heterocycles. The number of nitrogens with one attached hydrogen (secondary N) is 1. The molecular weight excluding hydrogens is 496 g/mol. The number of phenols is 1. The monoisotopic (exact) mass is 541 g/mol. The second kappa shape index (κ2) is 10.5. The van der Waals surface area contributed by atoms with E-state index in [1.165, 1.54) is 25.9 Å². The number of phenolic OH excluding ortho intramolecular Hbond substituents is 1. The Kier molecular flexibility index (Phi) is 7.16. The molecule has 212 valence electrons. The molecule has 0 spiro atoms. The summed E-state index contributed by atoms with van der Waals surface area (Å²) in [4.78, 5) is 13.5. The van der Waals surface area contributed by atoms with Gasteiger partial charge in [-0.3, -0.25) is 4.79 Å². The number of fused-ring (bicyclic) bond motifs is 2. The van der Waals surface area contributed by atoms with Crippen LogP contribution in [0.15, 0.2) is 66.7 Å². The zero-order valence-electron chi connectivity index (χ0n) is 24.4. The lowest BCUT2D eigenvalue weighted by molar-refractivity contribution is -0.945. The molecule has 0 aromatic heterocycles. The number of aromatic hydroxyl groups is 1. The number of piperidine rings is 1. The first kappa shape index (κ1) is 27.3. The number of amides is 1. The van der Waals surface area contributed by atoms with Crippen molar-refractivity contribution in [1.82, 2.24) is 5.32 Å². The summed E-state index contributed by atoms with van der Waals surface area (Å²) in [6.45, 7) is 9.24. The highest BCUT2D eigenvalue weighted by Gasteiger charge is 2.64. The van der Waals surface area contributed by atoms with Crippen LogP contribution in [0, 0.1) is 11.8 Å². The van der Waals surface area contributed by atoms with Gasteiger partial charge in [-0.2, -0.15) is 0 Å². The van der Waals surface area contributed by atoms with Gasteiger partial charge < -0.3 is 19.6 Å². The van der Waals surface area contributed by atoms with Crippen molar-refractivity contribution in [3.8, 4) is 5.75 Å². The van der Waals surface area contributed by atoms with Crippen molar-refractivity contribution in [3.63, 3.8) is 0 Å². The first-order valence-corrected chi connectivity index (χ1v) is 15.2. The molecular formula is C35H45N2O3+. The Bertz CT molecular complexity index is 1380. The highest BCUT2D eigenvalue weighted by atomic mass is 16.5. The van der Waals surface area contributed by atoms with E-state index in [4.69, 9.17) is 4.74 Å². The van der Waals surface area contributed by atoms with Crippen molar-refractivity contribution in [3.05, 3.63) is 77.9 Å². The molecule has 1 unspecified atom stereocenters. The zero-order valence-corrected chi connectivity index (χ0v) is 24.4. The fraction of sp³-hybridized carbons (Fsp3) is 0.514. The number of carbonyl (C=O) groups is 1. The van der Waals surface area contributed by atoms with Crippen molar-refractivity contribution in [1.29, 1.82) is 0 Å². The quantitative estimate of drug-likeness (QED) is 0.323. The van der Waals surface area contributed by atoms with E-state index in [0.717, 1.165) is 65.5 Å². The van der Waals surface area contributed by atoms with Gasteiger partial charge in [0.05, 0.1) is 19.6 Å². The predicted octanol–water partition coefficient (Wildman–Crippen LogP) is 6.44. The molecule has 2 saturated carbocycles. The Morgan fingerprint density at radius 1 is 1.02 bits per heavy atom. The second-order valence-corrected chi connectivity index (χ2v) is 13.5. The molecule has 1 heterocycles. The van der Waals surface area contributed by atoms with E-state index < -0.39 is 0 Å². The van der Waals surface area contributed by atoms with E-state index in [2.05, 4.69) is 37.4 Å². The summed E-state index contributed by atoms with van der Waals surface area (Å²) in [5, 5.41) is 16.2. The number of quaternary nitrogens is 1. The van der Waals surface area contributed by atoms with Gasteiger partial charge in [-0.05, 0) is 72.7 Å².